The van der Waals surface area contributed by atoms with Crippen LogP contribution in [0, 0.1) is 5.82 Å². The maximum atomic E-state index is 12.6. The Hall–Kier alpha value is -1.35. The van der Waals surface area contributed by atoms with E-state index < -0.39 is 5.97 Å². The van der Waals surface area contributed by atoms with Gasteiger partial charge in [0.1, 0.15) is 5.82 Å². The molecular formula is C11H10ClFO2. The third kappa shape index (κ3) is 3.72. The molecule has 0 fully saturated rings. The summed E-state index contributed by atoms with van der Waals surface area (Å²) in [5.74, 6) is -0.855. The van der Waals surface area contributed by atoms with Gasteiger partial charge in [0.25, 0.3) is 0 Å². The lowest BCUT2D eigenvalue weighted by Crippen LogP contribution is -1.99. The van der Waals surface area contributed by atoms with Gasteiger partial charge in [-0.15, -0.1) is 0 Å². The number of benzene rings is 1. The van der Waals surface area contributed by atoms with E-state index in [1.165, 1.54) is 24.3 Å². The van der Waals surface area contributed by atoms with Crippen LogP contribution in [0.15, 0.2) is 30.3 Å². The molecule has 0 aliphatic rings. The van der Waals surface area contributed by atoms with Crippen LogP contribution < -0.4 is 0 Å². The summed E-state index contributed by atoms with van der Waals surface area (Å²) in [6, 6.07) is 5.54. The van der Waals surface area contributed by atoms with Crippen LogP contribution in [-0.4, -0.2) is 12.6 Å². The number of esters is 1. The molecular weight excluding hydrogens is 219 g/mol. The predicted octanol–water partition coefficient (Wildman–Crippen LogP) is 2.97. The average molecular weight is 229 g/mol. The molecule has 1 aromatic carbocycles. The monoisotopic (exact) mass is 228 g/mol. The van der Waals surface area contributed by atoms with Gasteiger partial charge in [-0.2, -0.15) is 0 Å². The summed E-state index contributed by atoms with van der Waals surface area (Å²) < 4.78 is 17.3. The van der Waals surface area contributed by atoms with E-state index in [4.69, 9.17) is 11.6 Å². The summed E-state index contributed by atoms with van der Waals surface area (Å²) in [5, 5.41) is 0.230. The van der Waals surface area contributed by atoms with Crippen molar-refractivity contribution in [1.29, 1.82) is 0 Å². The minimum Gasteiger partial charge on any atom is -0.463 e. The number of ether oxygens (including phenoxy) is 1. The van der Waals surface area contributed by atoms with Crippen molar-refractivity contribution in [1.82, 2.24) is 0 Å². The first-order chi connectivity index (χ1) is 7.13. The van der Waals surface area contributed by atoms with Gasteiger partial charge in [0.15, 0.2) is 0 Å². The highest BCUT2D eigenvalue weighted by Crippen LogP contribution is 2.18. The molecule has 1 aromatic rings. The zero-order valence-electron chi connectivity index (χ0n) is 8.17. The molecule has 0 aliphatic heterocycles. The third-order valence-electron chi connectivity index (χ3n) is 1.65. The van der Waals surface area contributed by atoms with Gasteiger partial charge in [-0.1, -0.05) is 23.7 Å². The van der Waals surface area contributed by atoms with E-state index in [9.17, 15) is 9.18 Å². The van der Waals surface area contributed by atoms with Crippen LogP contribution in [0.2, 0.25) is 0 Å². The van der Waals surface area contributed by atoms with E-state index in [0.717, 1.165) is 6.08 Å². The Kier molecular flexibility index (Phi) is 4.31. The van der Waals surface area contributed by atoms with Gasteiger partial charge in [0.2, 0.25) is 0 Å². The molecule has 80 valence electrons. The molecule has 1 rings (SSSR count). The number of hydrogen-bond donors (Lipinski definition) is 0. The molecule has 4 heteroatoms. The van der Waals surface area contributed by atoms with Crippen molar-refractivity contribution in [3.8, 4) is 0 Å². The summed E-state index contributed by atoms with van der Waals surface area (Å²) in [5.41, 5.74) is 0.575. The highest BCUT2D eigenvalue weighted by Gasteiger charge is 2.02. The molecule has 2 nitrogen and oxygen atoms in total. The van der Waals surface area contributed by atoms with Crippen LogP contribution in [0.4, 0.5) is 4.39 Å². The maximum absolute atomic E-state index is 12.6. The van der Waals surface area contributed by atoms with Crippen molar-refractivity contribution in [2.45, 2.75) is 6.92 Å². The van der Waals surface area contributed by atoms with Gasteiger partial charge in [-0.05, 0) is 24.6 Å². The Balaban J connectivity index is 2.79. The van der Waals surface area contributed by atoms with Crippen molar-refractivity contribution in [2.24, 2.45) is 0 Å². The Morgan fingerprint density at radius 3 is 2.60 bits per heavy atom. The molecule has 15 heavy (non-hydrogen) atoms. The first-order valence-electron chi connectivity index (χ1n) is 4.43. The van der Waals surface area contributed by atoms with E-state index in [-0.39, 0.29) is 10.8 Å². The molecule has 0 atom stereocenters. The van der Waals surface area contributed by atoms with E-state index in [1.54, 1.807) is 6.92 Å². The second kappa shape index (κ2) is 5.51. The Morgan fingerprint density at radius 1 is 1.47 bits per heavy atom. The van der Waals surface area contributed by atoms with Gasteiger partial charge in [-0.25, -0.2) is 9.18 Å². The standard InChI is InChI=1S/C11H10ClFO2/c1-2-15-11(14)7-10(12)8-3-5-9(13)6-4-8/h3-7H,2H2,1H3/b10-7-. The second-order valence-electron chi connectivity index (χ2n) is 2.75. The topological polar surface area (TPSA) is 26.3 Å². The average Bonchev–Trinajstić information content (AvgIpc) is 2.18. The van der Waals surface area contributed by atoms with Gasteiger partial charge in [0.05, 0.1) is 11.6 Å². The molecule has 0 N–H and O–H groups in total. The fraction of sp³-hybridized carbons (Fsp3) is 0.182. The Labute approximate surface area is 92.3 Å². The van der Waals surface area contributed by atoms with Crippen molar-refractivity contribution >= 4 is 22.6 Å². The fourth-order valence-corrected chi connectivity index (χ4v) is 1.19. The molecule has 0 aliphatic carbocycles. The van der Waals surface area contributed by atoms with E-state index in [0.29, 0.717) is 12.2 Å². The first kappa shape index (κ1) is 11.7. The lowest BCUT2D eigenvalue weighted by molar-refractivity contribution is -0.137. The number of carbonyl (C=O) groups is 1. The SMILES string of the molecule is CCOC(=O)/C=C(\Cl)c1ccc(F)cc1. The molecule has 0 radical (unpaired) electrons. The lowest BCUT2D eigenvalue weighted by atomic mass is 10.2. The molecule has 0 spiro atoms. The zero-order chi connectivity index (χ0) is 11.3. The molecule has 0 saturated carbocycles. The quantitative estimate of drug-likeness (QED) is 0.587. The largest absolute Gasteiger partial charge is 0.463 e. The molecule has 0 saturated heterocycles. The number of hydrogen-bond acceptors (Lipinski definition) is 2. The number of carbonyl (C=O) groups excluding carboxylic acids is 1. The summed E-state index contributed by atoms with van der Waals surface area (Å²) in [7, 11) is 0. The van der Waals surface area contributed by atoms with Gasteiger partial charge in [-0.3, -0.25) is 0 Å². The highest BCUT2D eigenvalue weighted by molar-refractivity contribution is 6.50. The summed E-state index contributed by atoms with van der Waals surface area (Å²) in [6.07, 6.45) is 1.16. The van der Waals surface area contributed by atoms with Crippen LogP contribution in [0.25, 0.3) is 5.03 Å². The molecule has 0 aromatic heterocycles. The van der Waals surface area contributed by atoms with Crippen molar-refractivity contribution in [3.05, 3.63) is 41.7 Å². The van der Waals surface area contributed by atoms with Gasteiger partial charge in [0, 0.05) is 6.08 Å². The van der Waals surface area contributed by atoms with E-state index in [2.05, 4.69) is 4.74 Å². The summed E-state index contributed by atoms with van der Waals surface area (Å²) in [6.45, 7) is 2.00. The minimum atomic E-state index is -0.508. The first-order valence-corrected chi connectivity index (χ1v) is 4.81. The highest BCUT2D eigenvalue weighted by atomic mass is 35.5. The van der Waals surface area contributed by atoms with Crippen molar-refractivity contribution in [2.75, 3.05) is 6.61 Å². The smallest absolute Gasteiger partial charge is 0.332 e. The minimum absolute atomic E-state index is 0.230. The molecule has 0 bridgehead atoms. The van der Waals surface area contributed by atoms with Gasteiger partial charge >= 0.3 is 5.97 Å². The van der Waals surface area contributed by atoms with Crippen LogP contribution in [0.1, 0.15) is 12.5 Å². The second-order valence-corrected chi connectivity index (χ2v) is 3.16. The summed E-state index contributed by atoms with van der Waals surface area (Å²) in [4.78, 5) is 11.0. The number of halogens is 2. The molecule has 0 amide bonds. The number of rotatable bonds is 3. The molecule has 0 unspecified atom stereocenters. The Morgan fingerprint density at radius 2 is 2.07 bits per heavy atom. The third-order valence-corrected chi connectivity index (χ3v) is 1.98. The van der Waals surface area contributed by atoms with Crippen LogP contribution in [0.5, 0.6) is 0 Å². The van der Waals surface area contributed by atoms with Crippen LogP contribution >= 0.6 is 11.6 Å². The lowest BCUT2D eigenvalue weighted by Gasteiger charge is -1.99. The van der Waals surface area contributed by atoms with Crippen molar-refractivity contribution in [3.63, 3.8) is 0 Å². The van der Waals surface area contributed by atoms with E-state index >= 15 is 0 Å². The Bertz CT molecular complexity index is 371. The summed E-state index contributed by atoms with van der Waals surface area (Å²) >= 11 is 5.83. The van der Waals surface area contributed by atoms with Gasteiger partial charge < -0.3 is 4.74 Å². The normalized spacial score (nSPS) is 11.3. The maximum Gasteiger partial charge on any atom is 0.332 e. The van der Waals surface area contributed by atoms with E-state index in [1.807, 2.05) is 0 Å². The van der Waals surface area contributed by atoms with Crippen LogP contribution in [0.3, 0.4) is 0 Å². The predicted molar refractivity (Wildman–Crippen MR) is 56.9 cm³/mol. The fourth-order valence-electron chi connectivity index (χ4n) is 0.980. The molecule has 0 heterocycles. The zero-order valence-corrected chi connectivity index (χ0v) is 8.92. The van der Waals surface area contributed by atoms with Crippen molar-refractivity contribution < 1.29 is 13.9 Å². The van der Waals surface area contributed by atoms with Crippen LogP contribution in [-0.2, 0) is 9.53 Å².